The summed E-state index contributed by atoms with van der Waals surface area (Å²) in [5, 5.41) is 0. The van der Waals surface area contributed by atoms with Crippen LogP contribution >= 0.6 is 15.9 Å². The van der Waals surface area contributed by atoms with Gasteiger partial charge in [-0.05, 0) is 19.1 Å². The minimum absolute atomic E-state index is 0.611. The van der Waals surface area contributed by atoms with Gasteiger partial charge in [0.15, 0.2) is 6.29 Å². The Morgan fingerprint density at radius 2 is 1.94 bits per heavy atom. The van der Waals surface area contributed by atoms with Gasteiger partial charge in [-0.2, -0.15) is 0 Å². The van der Waals surface area contributed by atoms with E-state index in [1.54, 1.807) is 4.57 Å². The molecule has 0 aliphatic heterocycles. The van der Waals surface area contributed by atoms with Crippen LogP contribution in [0.25, 0.3) is 11.3 Å². The molecule has 82 valence electrons. The van der Waals surface area contributed by atoms with E-state index in [0.29, 0.717) is 5.69 Å². The smallest absolute Gasteiger partial charge is 0.168 e. The van der Waals surface area contributed by atoms with Gasteiger partial charge >= 0.3 is 0 Å². The van der Waals surface area contributed by atoms with Crippen molar-refractivity contribution in [3.05, 3.63) is 40.3 Å². The van der Waals surface area contributed by atoms with Crippen molar-refractivity contribution in [1.82, 2.24) is 9.55 Å². The van der Waals surface area contributed by atoms with Crippen molar-refractivity contribution in [2.75, 3.05) is 0 Å². The predicted octanol–water partition coefficient (Wildman–Crippen LogP) is 2.97. The number of rotatable bonds is 2. The second kappa shape index (κ2) is 4.22. The molecule has 0 atom stereocenters. The predicted molar refractivity (Wildman–Crippen MR) is 66.5 cm³/mol. The Morgan fingerprint density at radius 1 is 1.31 bits per heavy atom. The molecule has 4 heteroatoms. The summed E-state index contributed by atoms with van der Waals surface area (Å²) in [4.78, 5) is 15.4. The number of aromatic nitrogens is 2. The van der Waals surface area contributed by atoms with E-state index in [1.165, 1.54) is 0 Å². The largest absolute Gasteiger partial charge is 0.329 e. The zero-order valence-electron chi connectivity index (χ0n) is 9.07. The first kappa shape index (κ1) is 11.1. The number of halogens is 1. The molecular formula is C12H11BrN2O. The lowest BCUT2D eigenvalue weighted by Gasteiger charge is -1.99. The van der Waals surface area contributed by atoms with E-state index in [2.05, 4.69) is 20.9 Å². The highest BCUT2D eigenvalue weighted by molar-refractivity contribution is 9.10. The third-order valence-electron chi connectivity index (χ3n) is 2.59. The lowest BCUT2D eigenvalue weighted by Crippen LogP contribution is -1.97. The molecule has 0 spiro atoms. The lowest BCUT2D eigenvalue weighted by atomic mass is 10.1. The van der Waals surface area contributed by atoms with Gasteiger partial charge in [0.1, 0.15) is 11.5 Å². The first-order chi connectivity index (χ1) is 7.63. The molecule has 0 N–H and O–H groups in total. The average Bonchev–Trinajstić information content (AvgIpc) is 2.56. The second-order valence-corrected chi connectivity index (χ2v) is 4.49. The highest BCUT2D eigenvalue weighted by atomic mass is 79.9. The van der Waals surface area contributed by atoms with Gasteiger partial charge in [0, 0.05) is 17.1 Å². The number of aldehydes is 1. The highest BCUT2D eigenvalue weighted by Crippen LogP contribution is 2.23. The van der Waals surface area contributed by atoms with Gasteiger partial charge in [-0.25, -0.2) is 4.98 Å². The second-order valence-electron chi connectivity index (χ2n) is 3.58. The number of benzene rings is 1. The number of nitrogens with zero attached hydrogens (tertiary/aromatic N) is 2. The molecule has 0 aliphatic carbocycles. The molecule has 2 aromatic rings. The Kier molecular flexibility index (Phi) is 2.92. The molecular weight excluding hydrogens is 268 g/mol. The molecule has 0 radical (unpaired) electrons. The number of aryl methyl sites for hydroxylation is 1. The maximum Gasteiger partial charge on any atom is 0.168 e. The summed E-state index contributed by atoms with van der Waals surface area (Å²) in [6.45, 7) is 1.88. The third-order valence-corrected chi connectivity index (χ3v) is 3.12. The zero-order chi connectivity index (χ0) is 11.7. The van der Waals surface area contributed by atoms with E-state index in [1.807, 2.05) is 38.2 Å². The van der Waals surface area contributed by atoms with Gasteiger partial charge in [-0.1, -0.05) is 28.1 Å². The molecule has 1 aromatic carbocycles. The van der Waals surface area contributed by atoms with E-state index >= 15 is 0 Å². The Bertz CT molecular complexity index is 529. The van der Waals surface area contributed by atoms with E-state index in [-0.39, 0.29) is 0 Å². The van der Waals surface area contributed by atoms with Crippen molar-refractivity contribution in [3.63, 3.8) is 0 Å². The van der Waals surface area contributed by atoms with E-state index in [4.69, 9.17) is 0 Å². The summed E-state index contributed by atoms with van der Waals surface area (Å²) in [6.07, 6.45) is 0.845. The maximum atomic E-state index is 11.0. The van der Waals surface area contributed by atoms with Crippen molar-refractivity contribution >= 4 is 22.2 Å². The van der Waals surface area contributed by atoms with Crippen molar-refractivity contribution in [1.29, 1.82) is 0 Å². The van der Waals surface area contributed by atoms with Crippen molar-refractivity contribution in [2.24, 2.45) is 7.05 Å². The van der Waals surface area contributed by atoms with Crippen LogP contribution in [0, 0.1) is 6.92 Å². The summed E-state index contributed by atoms with van der Waals surface area (Å²) in [6, 6.07) is 7.76. The number of carbonyl (C=O) groups excluding carboxylic acids is 1. The maximum absolute atomic E-state index is 11.0. The van der Waals surface area contributed by atoms with Gasteiger partial charge in [0.25, 0.3) is 0 Å². The highest BCUT2D eigenvalue weighted by Gasteiger charge is 2.12. The monoisotopic (exact) mass is 278 g/mol. The molecule has 0 saturated heterocycles. The van der Waals surface area contributed by atoms with Gasteiger partial charge in [0.2, 0.25) is 0 Å². The molecule has 0 unspecified atom stereocenters. The quantitative estimate of drug-likeness (QED) is 0.792. The van der Waals surface area contributed by atoms with Gasteiger partial charge in [0.05, 0.1) is 5.69 Å². The van der Waals surface area contributed by atoms with Crippen molar-refractivity contribution in [3.8, 4) is 11.3 Å². The SMILES string of the molecule is Cc1nc(-c2ccc(Br)cc2)c(C=O)n1C. The normalized spacial score (nSPS) is 10.4. The van der Waals surface area contributed by atoms with Gasteiger partial charge in [-0.3, -0.25) is 4.79 Å². The summed E-state index contributed by atoms with van der Waals surface area (Å²) in [5.41, 5.74) is 2.30. The van der Waals surface area contributed by atoms with Gasteiger partial charge in [-0.15, -0.1) is 0 Å². The number of hydrogen-bond donors (Lipinski definition) is 0. The molecule has 2 rings (SSSR count). The van der Waals surface area contributed by atoms with Crippen LogP contribution < -0.4 is 0 Å². The first-order valence-corrected chi connectivity index (χ1v) is 5.67. The van der Waals surface area contributed by atoms with E-state index in [9.17, 15) is 4.79 Å². The third kappa shape index (κ3) is 1.80. The van der Waals surface area contributed by atoms with Crippen molar-refractivity contribution < 1.29 is 4.79 Å². The number of hydrogen-bond acceptors (Lipinski definition) is 2. The minimum Gasteiger partial charge on any atom is -0.329 e. The fraction of sp³-hybridized carbons (Fsp3) is 0.167. The van der Waals surface area contributed by atoms with Crippen LogP contribution in [0.4, 0.5) is 0 Å². The Labute approximate surface area is 102 Å². The van der Waals surface area contributed by atoms with Crippen LogP contribution in [0.3, 0.4) is 0 Å². The Balaban J connectivity index is 2.59. The summed E-state index contributed by atoms with van der Waals surface area (Å²) < 4.78 is 2.81. The number of imidazole rings is 1. The van der Waals surface area contributed by atoms with E-state index in [0.717, 1.165) is 27.8 Å². The molecule has 0 saturated carbocycles. The van der Waals surface area contributed by atoms with Crippen molar-refractivity contribution in [2.45, 2.75) is 6.92 Å². The number of carbonyl (C=O) groups is 1. The Hall–Kier alpha value is -1.42. The summed E-state index contributed by atoms with van der Waals surface area (Å²) >= 11 is 3.38. The average molecular weight is 279 g/mol. The molecule has 0 bridgehead atoms. The molecule has 0 amide bonds. The topological polar surface area (TPSA) is 34.9 Å². The first-order valence-electron chi connectivity index (χ1n) is 4.88. The van der Waals surface area contributed by atoms with Crippen LogP contribution in [0.2, 0.25) is 0 Å². The lowest BCUT2D eigenvalue weighted by molar-refractivity contribution is 0.111. The molecule has 0 aliphatic rings. The standard InChI is InChI=1S/C12H11BrN2O/c1-8-14-12(11(7-16)15(8)2)9-3-5-10(13)6-4-9/h3-7H,1-2H3. The van der Waals surface area contributed by atoms with E-state index < -0.39 is 0 Å². The molecule has 1 heterocycles. The fourth-order valence-corrected chi connectivity index (χ4v) is 1.85. The van der Waals surface area contributed by atoms with Crippen LogP contribution in [-0.2, 0) is 7.05 Å². The fourth-order valence-electron chi connectivity index (χ4n) is 1.58. The van der Waals surface area contributed by atoms with Crippen LogP contribution in [0.1, 0.15) is 16.3 Å². The van der Waals surface area contributed by atoms with Crippen LogP contribution in [0.15, 0.2) is 28.7 Å². The molecule has 1 aromatic heterocycles. The van der Waals surface area contributed by atoms with Crippen LogP contribution in [-0.4, -0.2) is 15.8 Å². The summed E-state index contributed by atoms with van der Waals surface area (Å²) in [5.74, 6) is 0.833. The zero-order valence-corrected chi connectivity index (χ0v) is 10.7. The van der Waals surface area contributed by atoms with Gasteiger partial charge < -0.3 is 4.57 Å². The Morgan fingerprint density at radius 3 is 2.50 bits per heavy atom. The molecule has 3 nitrogen and oxygen atoms in total. The minimum atomic E-state index is 0.611. The molecule has 16 heavy (non-hydrogen) atoms. The van der Waals surface area contributed by atoms with Crippen LogP contribution in [0.5, 0.6) is 0 Å². The molecule has 0 fully saturated rings. The summed E-state index contributed by atoms with van der Waals surface area (Å²) in [7, 11) is 1.84.